The zero-order chi connectivity index (χ0) is 24.8. The van der Waals surface area contributed by atoms with Crippen molar-refractivity contribution in [1.82, 2.24) is 0 Å². The van der Waals surface area contributed by atoms with E-state index >= 15 is 0 Å². The van der Waals surface area contributed by atoms with Crippen molar-refractivity contribution in [2.24, 2.45) is 23.7 Å². The molecule has 5 heteroatoms. The second-order valence-electron chi connectivity index (χ2n) is 9.33. The van der Waals surface area contributed by atoms with Gasteiger partial charge >= 0.3 is 5.97 Å². The average molecular weight is 476 g/mol. The standard InChI is InChI=1S/C31H25NO4/c1-2-36-31(35)21-14-9-15-22(18-21)32-29(33)27-23-16-17-24(28(27)30(32)34)26(23)25(19-10-5-3-6-11-19)20-12-7-4-8-13-20/h3-18,23-24,27-28H,2H2,1H3/t23-,24-,27+,28+/m0/s1. The molecule has 1 saturated carbocycles. The van der Waals surface area contributed by atoms with E-state index < -0.39 is 17.8 Å². The molecule has 2 amide bonds. The number of carbonyl (C=O) groups is 3. The summed E-state index contributed by atoms with van der Waals surface area (Å²) in [6.07, 6.45) is 4.19. The van der Waals surface area contributed by atoms with Crippen LogP contribution in [0.25, 0.3) is 5.57 Å². The maximum Gasteiger partial charge on any atom is 0.338 e. The number of amides is 2. The van der Waals surface area contributed by atoms with E-state index in [0.717, 1.165) is 22.3 Å². The first kappa shape index (κ1) is 22.2. The average Bonchev–Trinajstić information content (AvgIpc) is 3.54. The molecule has 178 valence electrons. The Kier molecular flexibility index (Phi) is 5.41. The number of rotatable bonds is 5. The van der Waals surface area contributed by atoms with Crippen LogP contribution in [0.5, 0.6) is 0 Å². The summed E-state index contributed by atoms with van der Waals surface area (Å²) in [6.45, 7) is 1.99. The first-order valence-electron chi connectivity index (χ1n) is 12.3. The SMILES string of the molecule is CCOC(=O)c1cccc(N2C(=O)[C@H]3[C@H](C2=O)[C@H]2C=C[C@H]3C2=C(c2ccccc2)c2ccccc2)c1. The Hall–Kier alpha value is -4.25. The Morgan fingerprint density at radius 1 is 0.750 bits per heavy atom. The van der Waals surface area contributed by atoms with Crippen LogP contribution in [-0.4, -0.2) is 24.4 Å². The van der Waals surface area contributed by atoms with Crippen molar-refractivity contribution in [2.75, 3.05) is 11.5 Å². The highest BCUT2D eigenvalue weighted by Crippen LogP contribution is 2.58. The molecule has 3 aromatic carbocycles. The monoisotopic (exact) mass is 475 g/mol. The molecule has 1 aliphatic heterocycles. The molecule has 4 atom stereocenters. The predicted molar refractivity (Wildman–Crippen MR) is 137 cm³/mol. The Morgan fingerprint density at radius 2 is 1.28 bits per heavy atom. The minimum absolute atomic E-state index is 0.148. The highest BCUT2D eigenvalue weighted by Gasteiger charge is 2.62. The lowest BCUT2D eigenvalue weighted by molar-refractivity contribution is -0.122. The maximum absolute atomic E-state index is 13.8. The fourth-order valence-electron chi connectivity index (χ4n) is 6.05. The van der Waals surface area contributed by atoms with Gasteiger partial charge in [0.25, 0.3) is 0 Å². The second kappa shape index (κ2) is 8.76. The van der Waals surface area contributed by atoms with Crippen molar-refractivity contribution in [3.8, 4) is 0 Å². The van der Waals surface area contributed by atoms with Crippen LogP contribution < -0.4 is 4.90 Å². The number of fused-ring (bicyclic) bond motifs is 5. The molecule has 0 aromatic heterocycles. The molecule has 0 spiro atoms. The van der Waals surface area contributed by atoms with Crippen molar-refractivity contribution in [3.05, 3.63) is 119 Å². The molecule has 36 heavy (non-hydrogen) atoms. The highest BCUT2D eigenvalue weighted by atomic mass is 16.5. The van der Waals surface area contributed by atoms with Crippen molar-refractivity contribution < 1.29 is 19.1 Å². The smallest absolute Gasteiger partial charge is 0.338 e. The highest BCUT2D eigenvalue weighted by molar-refractivity contribution is 6.23. The van der Waals surface area contributed by atoms with E-state index in [1.807, 2.05) is 36.4 Å². The van der Waals surface area contributed by atoms with E-state index in [1.165, 1.54) is 4.90 Å². The lowest BCUT2D eigenvalue weighted by Gasteiger charge is -2.22. The first-order chi connectivity index (χ1) is 17.6. The summed E-state index contributed by atoms with van der Waals surface area (Å²) < 4.78 is 5.10. The van der Waals surface area contributed by atoms with E-state index in [2.05, 4.69) is 36.4 Å². The van der Waals surface area contributed by atoms with Gasteiger partial charge in [-0.1, -0.05) is 78.9 Å². The van der Waals surface area contributed by atoms with Gasteiger partial charge in [0.1, 0.15) is 0 Å². The number of carbonyl (C=O) groups excluding carboxylic acids is 3. The molecule has 2 bridgehead atoms. The van der Waals surface area contributed by atoms with Gasteiger partial charge in [-0.3, -0.25) is 9.59 Å². The Labute approximate surface area is 209 Å². The normalized spacial score (nSPS) is 23.8. The molecule has 0 N–H and O–H groups in total. The molecule has 1 heterocycles. The van der Waals surface area contributed by atoms with Gasteiger partial charge in [0, 0.05) is 11.8 Å². The maximum atomic E-state index is 13.8. The summed E-state index contributed by atoms with van der Waals surface area (Å²) in [5.74, 6) is -2.08. The van der Waals surface area contributed by atoms with Gasteiger partial charge in [0.15, 0.2) is 0 Å². The summed E-state index contributed by atoms with van der Waals surface area (Å²) in [6, 6.07) is 26.9. The van der Waals surface area contributed by atoms with Crippen LogP contribution in [0.15, 0.2) is 103 Å². The van der Waals surface area contributed by atoms with Crippen LogP contribution in [0.1, 0.15) is 28.4 Å². The Bertz CT molecular complexity index is 1350. The summed E-state index contributed by atoms with van der Waals surface area (Å²) in [7, 11) is 0. The third-order valence-corrected chi connectivity index (χ3v) is 7.44. The second-order valence-corrected chi connectivity index (χ2v) is 9.33. The van der Waals surface area contributed by atoms with Gasteiger partial charge in [-0.05, 0) is 47.4 Å². The minimum Gasteiger partial charge on any atom is -0.462 e. The molecule has 2 fully saturated rings. The molecule has 0 radical (unpaired) electrons. The van der Waals surface area contributed by atoms with Gasteiger partial charge in [-0.2, -0.15) is 0 Å². The molecular formula is C31H25NO4. The van der Waals surface area contributed by atoms with E-state index in [-0.39, 0.29) is 30.3 Å². The summed E-state index contributed by atoms with van der Waals surface area (Å²) >= 11 is 0. The van der Waals surface area contributed by atoms with Crippen LogP contribution in [0.2, 0.25) is 0 Å². The van der Waals surface area contributed by atoms with Crippen LogP contribution >= 0.6 is 0 Å². The number of ether oxygens (including phenoxy) is 1. The number of nitrogens with zero attached hydrogens (tertiary/aromatic N) is 1. The molecule has 1 saturated heterocycles. The topological polar surface area (TPSA) is 63.7 Å². The van der Waals surface area contributed by atoms with Crippen molar-refractivity contribution in [2.45, 2.75) is 6.92 Å². The summed E-state index contributed by atoms with van der Waals surface area (Å²) in [4.78, 5) is 41.1. The fraction of sp³-hybridized carbons (Fsp3) is 0.194. The van der Waals surface area contributed by atoms with Crippen LogP contribution in [0.3, 0.4) is 0 Å². The van der Waals surface area contributed by atoms with Crippen molar-refractivity contribution in [1.29, 1.82) is 0 Å². The van der Waals surface area contributed by atoms with E-state index in [1.54, 1.807) is 31.2 Å². The van der Waals surface area contributed by atoms with Crippen LogP contribution in [0, 0.1) is 23.7 Å². The van der Waals surface area contributed by atoms with E-state index in [0.29, 0.717) is 11.3 Å². The molecular weight excluding hydrogens is 450 g/mol. The van der Waals surface area contributed by atoms with Crippen molar-refractivity contribution >= 4 is 29.0 Å². The van der Waals surface area contributed by atoms with Crippen molar-refractivity contribution in [3.63, 3.8) is 0 Å². The van der Waals surface area contributed by atoms with Gasteiger partial charge in [-0.25, -0.2) is 9.69 Å². The van der Waals surface area contributed by atoms with Crippen LogP contribution in [-0.2, 0) is 14.3 Å². The Morgan fingerprint density at radius 3 is 1.81 bits per heavy atom. The molecule has 0 unspecified atom stereocenters. The third-order valence-electron chi connectivity index (χ3n) is 7.44. The fourth-order valence-corrected chi connectivity index (χ4v) is 6.05. The van der Waals surface area contributed by atoms with E-state index in [9.17, 15) is 14.4 Å². The van der Waals surface area contributed by atoms with Gasteiger partial charge in [-0.15, -0.1) is 0 Å². The lowest BCUT2D eigenvalue weighted by atomic mass is 9.85. The lowest BCUT2D eigenvalue weighted by Crippen LogP contribution is -2.33. The molecule has 3 aliphatic rings. The Balaban J connectivity index is 1.42. The molecule has 2 aliphatic carbocycles. The number of hydrogen-bond donors (Lipinski definition) is 0. The number of hydrogen-bond acceptors (Lipinski definition) is 4. The molecule has 3 aromatic rings. The van der Waals surface area contributed by atoms with Gasteiger partial charge in [0.05, 0.1) is 29.7 Å². The zero-order valence-corrected chi connectivity index (χ0v) is 19.8. The number of esters is 1. The third kappa shape index (κ3) is 3.34. The number of allylic oxidation sites excluding steroid dienone is 3. The number of anilines is 1. The van der Waals surface area contributed by atoms with Gasteiger partial charge in [0.2, 0.25) is 11.8 Å². The zero-order valence-electron chi connectivity index (χ0n) is 19.8. The largest absolute Gasteiger partial charge is 0.462 e. The molecule has 5 nitrogen and oxygen atoms in total. The predicted octanol–water partition coefficient (Wildman–Crippen LogP) is 5.29. The van der Waals surface area contributed by atoms with E-state index in [4.69, 9.17) is 4.74 Å². The summed E-state index contributed by atoms with van der Waals surface area (Å²) in [5.41, 5.74) is 5.14. The quantitative estimate of drug-likeness (QED) is 0.286. The number of imide groups is 1. The minimum atomic E-state index is -0.471. The molecule has 6 rings (SSSR count). The van der Waals surface area contributed by atoms with Crippen LogP contribution in [0.4, 0.5) is 5.69 Å². The summed E-state index contributed by atoms with van der Waals surface area (Å²) in [5, 5.41) is 0. The first-order valence-corrected chi connectivity index (χ1v) is 12.3. The van der Waals surface area contributed by atoms with Gasteiger partial charge < -0.3 is 4.74 Å². The number of benzene rings is 3.